The minimum Gasteiger partial charge on any atom is -0.495 e. The first-order chi connectivity index (χ1) is 20.3. The Morgan fingerprint density at radius 1 is 0.881 bits per heavy atom. The number of H-pyrrole nitrogens is 1. The quantitative estimate of drug-likeness (QED) is 0.177. The van der Waals surface area contributed by atoms with Gasteiger partial charge in [0.05, 0.1) is 12.6 Å². The zero-order valence-electron chi connectivity index (χ0n) is 22.9. The number of nitrogens with one attached hydrogen (secondary N) is 2. The van der Waals surface area contributed by atoms with Crippen molar-refractivity contribution < 1.29 is 13.2 Å². The molecule has 0 saturated carbocycles. The van der Waals surface area contributed by atoms with Gasteiger partial charge in [-0.05, 0) is 78.1 Å². The van der Waals surface area contributed by atoms with Gasteiger partial charge in [0.1, 0.15) is 10.6 Å². The molecular weight excluding hydrogens is 591 g/mol. The number of sulfonamides is 1. The van der Waals surface area contributed by atoms with E-state index in [1.165, 1.54) is 11.4 Å². The molecule has 2 heterocycles. The Bertz CT molecular complexity index is 1750. The molecule has 1 aromatic heterocycles. The molecule has 4 aromatic carbocycles. The lowest BCUT2D eigenvalue weighted by molar-refractivity contribution is 0.327. The number of para-hydroxylation sites is 1. The van der Waals surface area contributed by atoms with Crippen LogP contribution < -0.4 is 10.1 Å². The molecule has 0 atom stereocenters. The molecule has 42 heavy (non-hydrogen) atoms. The molecule has 1 aliphatic rings. The molecule has 10 heteroatoms. The molecule has 5 aromatic rings. The lowest BCUT2D eigenvalue weighted by Crippen LogP contribution is -2.42. The first kappa shape index (κ1) is 28.6. The van der Waals surface area contributed by atoms with Crippen LogP contribution in [0.15, 0.2) is 95.9 Å². The Hall–Kier alpha value is -3.56. The number of anilines is 1. The predicted molar refractivity (Wildman–Crippen MR) is 168 cm³/mol. The van der Waals surface area contributed by atoms with Crippen molar-refractivity contribution in [2.75, 3.05) is 25.5 Å². The van der Waals surface area contributed by atoms with Gasteiger partial charge in [0, 0.05) is 40.5 Å². The number of nitrogens with zero attached hydrogens (tertiary/aromatic N) is 2. The summed E-state index contributed by atoms with van der Waals surface area (Å²) in [6.07, 6.45) is 1.31. The minimum atomic E-state index is -3.66. The standard InChI is InChI=1S/C32H30Cl2N4O3S/c1-41-29-4-2-3-5-30(29)42(39,40)38-18-16-26(17-19-38)35-32-27-20-23(10-15-28(27)36-37-32)31(21-6-11-24(33)12-7-21)22-8-13-25(34)14-9-22/h2-15,20,26,31H,16-19H2,1H3,(H2,35,36,37). The smallest absolute Gasteiger partial charge is 0.246 e. The molecule has 1 fully saturated rings. The number of rotatable bonds is 8. The summed E-state index contributed by atoms with van der Waals surface area (Å²) in [4.78, 5) is 0.195. The average molecular weight is 622 g/mol. The Morgan fingerprint density at radius 2 is 1.48 bits per heavy atom. The second kappa shape index (κ2) is 12.0. The topological polar surface area (TPSA) is 87.3 Å². The normalized spacial score (nSPS) is 14.9. The number of halogens is 2. The SMILES string of the molecule is COc1ccccc1S(=O)(=O)N1CCC(Nc2n[nH]c3ccc(C(c4ccc(Cl)cc4)c4ccc(Cl)cc4)cc23)CC1. The summed E-state index contributed by atoms with van der Waals surface area (Å²) in [6, 6.07) is 29.0. The van der Waals surface area contributed by atoms with Gasteiger partial charge < -0.3 is 10.1 Å². The van der Waals surface area contributed by atoms with Crippen molar-refractivity contribution in [3.8, 4) is 5.75 Å². The van der Waals surface area contributed by atoms with Crippen LogP contribution in [-0.2, 0) is 10.0 Å². The van der Waals surface area contributed by atoms with E-state index in [0.29, 0.717) is 41.7 Å². The number of methoxy groups -OCH3 is 1. The number of aromatic amines is 1. The van der Waals surface area contributed by atoms with E-state index in [0.717, 1.165) is 33.4 Å². The third-order valence-electron chi connectivity index (χ3n) is 7.81. The maximum Gasteiger partial charge on any atom is 0.246 e. The van der Waals surface area contributed by atoms with E-state index < -0.39 is 10.0 Å². The van der Waals surface area contributed by atoms with E-state index in [4.69, 9.17) is 27.9 Å². The largest absolute Gasteiger partial charge is 0.495 e. The van der Waals surface area contributed by atoms with Crippen LogP contribution in [0.4, 0.5) is 5.82 Å². The Balaban J connectivity index is 1.24. The maximum absolute atomic E-state index is 13.3. The van der Waals surface area contributed by atoms with Gasteiger partial charge in [0.15, 0.2) is 5.82 Å². The number of piperidine rings is 1. The first-order valence-electron chi connectivity index (χ1n) is 13.7. The Labute approximate surface area is 255 Å². The van der Waals surface area contributed by atoms with Gasteiger partial charge in [-0.3, -0.25) is 5.10 Å². The number of ether oxygens (including phenoxy) is 1. The highest BCUT2D eigenvalue weighted by molar-refractivity contribution is 7.89. The van der Waals surface area contributed by atoms with Gasteiger partial charge in [-0.1, -0.05) is 65.7 Å². The molecule has 0 unspecified atom stereocenters. The van der Waals surface area contributed by atoms with E-state index in [-0.39, 0.29) is 16.9 Å². The minimum absolute atomic E-state index is 0.0323. The van der Waals surface area contributed by atoms with Crippen molar-refractivity contribution in [2.24, 2.45) is 0 Å². The molecule has 0 radical (unpaired) electrons. The molecule has 216 valence electrons. The van der Waals surface area contributed by atoms with Crippen LogP contribution in [0, 0.1) is 0 Å². The molecule has 1 saturated heterocycles. The van der Waals surface area contributed by atoms with E-state index in [1.54, 1.807) is 24.3 Å². The van der Waals surface area contributed by atoms with Crippen molar-refractivity contribution in [1.82, 2.24) is 14.5 Å². The van der Waals surface area contributed by atoms with E-state index >= 15 is 0 Å². The summed E-state index contributed by atoms with van der Waals surface area (Å²) >= 11 is 12.4. The molecule has 7 nitrogen and oxygen atoms in total. The third-order valence-corrected chi connectivity index (χ3v) is 10.3. The fourth-order valence-corrected chi connectivity index (χ4v) is 7.49. The molecule has 0 aliphatic carbocycles. The van der Waals surface area contributed by atoms with Crippen LogP contribution in [0.25, 0.3) is 10.9 Å². The van der Waals surface area contributed by atoms with E-state index in [9.17, 15) is 8.42 Å². The highest BCUT2D eigenvalue weighted by Crippen LogP contribution is 2.36. The van der Waals surface area contributed by atoms with Gasteiger partial charge in [0.2, 0.25) is 10.0 Å². The fraction of sp³-hybridized carbons (Fsp3) is 0.219. The predicted octanol–water partition coefficient (Wildman–Crippen LogP) is 7.32. The summed E-state index contributed by atoms with van der Waals surface area (Å²) in [5.41, 5.74) is 4.25. The molecule has 0 amide bonds. The average Bonchev–Trinajstić information content (AvgIpc) is 3.41. The van der Waals surface area contributed by atoms with Crippen molar-refractivity contribution in [3.63, 3.8) is 0 Å². The van der Waals surface area contributed by atoms with Crippen LogP contribution >= 0.6 is 23.2 Å². The lowest BCUT2D eigenvalue weighted by atomic mass is 9.85. The number of hydrogen-bond donors (Lipinski definition) is 2. The Kier molecular flexibility index (Phi) is 8.14. The van der Waals surface area contributed by atoms with Crippen LogP contribution in [0.3, 0.4) is 0 Å². The molecule has 0 bridgehead atoms. The summed E-state index contributed by atoms with van der Waals surface area (Å²) in [6.45, 7) is 0.807. The zero-order chi connectivity index (χ0) is 29.3. The van der Waals surface area contributed by atoms with E-state index in [2.05, 4.69) is 27.6 Å². The second-order valence-corrected chi connectivity index (χ2v) is 13.2. The molecule has 2 N–H and O–H groups in total. The maximum atomic E-state index is 13.3. The monoisotopic (exact) mass is 620 g/mol. The van der Waals surface area contributed by atoms with Gasteiger partial charge in [-0.2, -0.15) is 9.40 Å². The first-order valence-corrected chi connectivity index (χ1v) is 15.9. The lowest BCUT2D eigenvalue weighted by Gasteiger charge is -2.32. The highest BCUT2D eigenvalue weighted by Gasteiger charge is 2.32. The van der Waals surface area contributed by atoms with Crippen LogP contribution in [0.1, 0.15) is 35.4 Å². The zero-order valence-corrected chi connectivity index (χ0v) is 25.3. The molecule has 1 aliphatic heterocycles. The number of hydrogen-bond acceptors (Lipinski definition) is 5. The molecular formula is C32H30Cl2N4O3S. The highest BCUT2D eigenvalue weighted by atomic mass is 35.5. The summed E-state index contributed by atoms with van der Waals surface area (Å²) in [7, 11) is -2.17. The summed E-state index contributed by atoms with van der Waals surface area (Å²) in [5.74, 6) is 1.08. The second-order valence-electron chi connectivity index (χ2n) is 10.4. The van der Waals surface area contributed by atoms with E-state index in [1.807, 2.05) is 54.6 Å². The van der Waals surface area contributed by atoms with Crippen LogP contribution in [0.5, 0.6) is 5.75 Å². The van der Waals surface area contributed by atoms with Gasteiger partial charge >= 0.3 is 0 Å². The fourth-order valence-electron chi connectivity index (χ4n) is 5.61. The third kappa shape index (κ3) is 5.72. The molecule has 0 spiro atoms. The number of benzene rings is 4. The summed E-state index contributed by atoms with van der Waals surface area (Å²) in [5, 5.41) is 13.6. The van der Waals surface area contributed by atoms with Gasteiger partial charge in [-0.25, -0.2) is 8.42 Å². The van der Waals surface area contributed by atoms with Crippen molar-refractivity contribution in [3.05, 3.63) is 118 Å². The number of aromatic nitrogens is 2. The summed E-state index contributed by atoms with van der Waals surface area (Å²) < 4.78 is 33.5. The van der Waals surface area contributed by atoms with Crippen LogP contribution in [-0.4, -0.2) is 49.2 Å². The van der Waals surface area contributed by atoms with Crippen molar-refractivity contribution in [2.45, 2.75) is 29.7 Å². The van der Waals surface area contributed by atoms with Crippen LogP contribution in [0.2, 0.25) is 10.0 Å². The molecule has 6 rings (SSSR count). The van der Waals surface area contributed by atoms with Gasteiger partial charge in [0.25, 0.3) is 0 Å². The van der Waals surface area contributed by atoms with Crippen molar-refractivity contribution >= 4 is 49.9 Å². The Morgan fingerprint density at radius 3 is 2.10 bits per heavy atom. The van der Waals surface area contributed by atoms with Gasteiger partial charge in [-0.15, -0.1) is 0 Å². The number of fused-ring (bicyclic) bond motifs is 1. The van der Waals surface area contributed by atoms with Crippen molar-refractivity contribution in [1.29, 1.82) is 0 Å².